The third kappa shape index (κ3) is 2.72. The Morgan fingerprint density at radius 3 is 2.42 bits per heavy atom. The predicted octanol–water partition coefficient (Wildman–Crippen LogP) is 0.622. The van der Waals surface area contributed by atoms with E-state index in [1.807, 2.05) is 0 Å². The number of methoxy groups -OCH3 is 1. The molecule has 1 saturated heterocycles. The van der Waals surface area contributed by atoms with Crippen molar-refractivity contribution in [3.63, 3.8) is 0 Å². The number of carbonyl (C=O) groups is 3. The number of ether oxygens (including phenoxy) is 3. The third-order valence-electron chi connectivity index (χ3n) is 7.30. The van der Waals surface area contributed by atoms with Crippen LogP contribution in [0.3, 0.4) is 0 Å². The van der Waals surface area contributed by atoms with Crippen molar-refractivity contribution in [3.05, 3.63) is 33.4 Å². The zero-order valence-electron chi connectivity index (χ0n) is 18.2. The molecule has 4 N–H and O–H groups in total. The Balaban J connectivity index is 1.69. The predicted molar refractivity (Wildman–Crippen MR) is 109 cm³/mol. The normalized spacial score (nSPS) is 34.6. The lowest BCUT2D eigenvalue weighted by Gasteiger charge is -2.52. The SMILES string of the molecule is COC(=O)C[C@H]1Cc2c(O)c3c(c(O)c2[C@H](C)O1)C(=O)C1=C(C3=O)[C@H]2CC(O)[C@]1(O)[C@@H](C)O2. The van der Waals surface area contributed by atoms with E-state index in [4.69, 9.17) is 9.47 Å². The van der Waals surface area contributed by atoms with Gasteiger partial charge in [-0.3, -0.25) is 14.4 Å². The van der Waals surface area contributed by atoms with Gasteiger partial charge in [-0.2, -0.15) is 0 Å². The van der Waals surface area contributed by atoms with E-state index >= 15 is 0 Å². The number of phenolic OH excluding ortho intramolecular Hbond substituents is 2. The van der Waals surface area contributed by atoms with Crippen LogP contribution in [0.5, 0.6) is 11.5 Å². The summed E-state index contributed by atoms with van der Waals surface area (Å²) in [5.74, 6) is -3.12. The molecule has 6 atom stereocenters. The van der Waals surface area contributed by atoms with Crippen molar-refractivity contribution in [2.24, 2.45) is 0 Å². The number of rotatable bonds is 2. The molecule has 3 heterocycles. The molecule has 5 aliphatic rings. The number of ketones is 2. The number of fused-ring (bicyclic) bond motifs is 4. The van der Waals surface area contributed by atoms with E-state index in [-0.39, 0.29) is 47.1 Å². The van der Waals surface area contributed by atoms with Gasteiger partial charge in [0.05, 0.1) is 55.2 Å². The van der Waals surface area contributed by atoms with Crippen LogP contribution in [-0.4, -0.2) is 75.1 Å². The van der Waals surface area contributed by atoms with E-state index in [2.05, 4.69) is 4.74 Å². The maximum atomic E-state index is 13.6. The number of Topliss-reactive ketones (excluding diaryl/α,β-unsaturated/α-hetero) is 2. The molecule has 1 aromatic carbocycles. The zero-order chi connectivity index (χ0) is 24.0. The summed E-state index contributed by atoms with van der Waals surface area (Å²) in [7, 11) is 1.24. The van der Waals surface area contributed by atoms with Crippen molar-refractivity contribution in [1.82, 2.24) is 0 Å². The number of hydrogen-bond acceptors (Lipinski definition) is 10. The van der Waals surface area contributed by atoms with Gasteiger partial charge in [-0.25, -0.2) is 0 Å². The summed E-state index contributed by atoms with van der Waals surface area (Å²) in [6.45, 7) is 3.08. The van der Waals surface area contributed by atoms with Crippen LogP contribution < -0.4 is 0 Å². The van der Waals surface area contributed by atoms with Crippen molar-refractivity contribution in [3.8, 4) is 11.5 Å². The van der Waals surface area contributed by atoms with Crippen molar-refractivity contribution >= 4 is 17.5 Å². The highest BCUT2D eigenvalue weighted by molar-refractivity contribution is 6.30. The molecule has 3 aliphatic heterocycles. The van der Waals surface area contributed by atoms with Crippen LogP contribution in [0.1, 0.15) is 64.6 Å². The van der Waals surface area contributed by atoms with Crippen LogP contribution in [0.4, 0.5) is 0 Å². The van der Waals surface area contributed by atoms with Gasteiger partial charge in [0.2, 0.25) is 0 Å². The van der Waals surface area contributed by atoms with Gasteiger partial charge in [0.1, 0.15) is 17.1 Å². The fourth-order valence-electron chi connectivity index (χ4n) is 5.72. The number of phenols is 2. The number of aromatic hydroxyl groups is 2. The minimum Gasteiger partial charge on any atom is -0.507 e. The molecular formula is C23H24O10. The minimum absolute atomic E-state index is 0.00837. The fraction of sp³-hybridized carbons (Fsp3) is 0.522. The monoisotopic (exact) mass is 460 g/mol. The van der Waals surface area contributed by atoms with Crippen LogP contribution in [0.15, 0.2) is 11.1 Å². The van der Waals surface area contributed by atoms with E-state index in [1.54, 1.807) is 6.92 Å². The van der Waals surface area contributed by atoms with Crippen molar-refractivity contribution in [1.29, 1.82) is 0 Å². The molecule has 0 aromatic heterocycles. The molecule has 1 unspecified atom stereocenters. The maximum absolute atomic E-state index is 13.6. The first-order valence-corrected chi connectivity index (χ1v) is 10.7. The average molecular weight is 460 g/mol. The van der Waals surface area contributed by atoms with Crippen LogP contribution >= 0.6 is 0 Å². The molecule has 33 heavy (non-hydrogen) atoms. The molecule has 10 nitrogen and oxygen atoms in total. The summed E-state index contributed by atoms with van der Waals surface area (Å²) >= 11 is 0. The van der Waals surface area contributed by atoms with Gasteiger partial charge in [0, 0.05) is 35.1 Å². The number of carbonyl (C=O) groups excluding carboxylic acids is 3. The molecule has 0 saturated carbocycles. The second-order valence-corrected chi connectivity index (χ2v) is 9.01. The van der Waals surface area contributed by atoms with E-state index < -0.39 is 70.7 Å². The Labute approximate surface area is 188 Å². The highest BCUT2D eigenvalue weighted by Crippen LogP contribution is 2.54. The smallest absolute Gasteiger partial charge is 0.308 e. The van der Waals surface area contributed by atoms with Crippen LogP contribution in [0.2, 0.25) is 0 Å². The Hall–Kier alpha value is -2.79. The van der Waals surface area contributed by atoms with E-state index in [0.29, 0.717) is 0 Å². The first-order valence-electron chi connectivity index (χ1n) is 10.7. The van der Waals surface area contributed by atoms with Gasteiger partial charge < -0.3 is 34.6 Å². The summed E-state index contributed by atoms with van der Waals surface area (Å²) in [5, 5.41) is 44.0. The van der Waals surface area contributed by atoms with E-state index in [9.17, 15) is 34.8 Å². The summed E-state index contributed by atoms with van der Waals surface area (Å²) in [5.41, 5.74) is -3.00. The summed E-state index contributed by atoms with van der Waals surface area (Å²) < 4.78 is 16.1. The van der Waals surface area contributed by atoms with Crippen LogP contribution in [-0.2, 0) is 25.4 Å². The molecule has 0 amide bonds. The first-order chi connectivity index (χ1) is 15.5. The third-order valence-corrected chi connectivity index (χ3v) is 7.30. The molecule has 1 aromatic rings. The maximum Gasteiger partial charge on any atom is 0.308 e. The lowest BCUT2D eigenvalue weighted by Crippen LogP contribution is -2.66. The quantitative estimate of drug-likeness (QED) is 0.364. The average Bonchev–Trinajstić information content (AvgIpc) is 2.75. The Morgan fingerprint density at radius 1 is 1.12 bits per heavy atom. The Kier molecular flexibility index (Phi) is 4.74. The van der Waals surface area contributed by atoms with Gasteiger partial charge in [0.25, 0.3) is 0 Å². The summed E-state index contributed by atoms with van der Waals surface area (Å²) in [4.78, 5) is 38.8. The second-order valence-electron chi connectivity index (χ2n) is 9.01. The van der Waals surface area contributed by atoms with Gasteiger partial charge in [-0.1, -0.05) is 0 Å². The lowest BCUT2D eigenvalue weighted by atomic mass is 9.63. The molecule has 176 valence electrons. The first kappa shape index (κ1) is 22.0. The molecule has 1 fully saturated rings. The van der Waals surface area contributed by atoms with E-state index in [0.717, 1.165) is 0 Å². The molecular weight excluding hydrogens is 436 g/mol. The highest BCUT2D eigenvalue weighted by atomic mass is 16.5. The molecule has 0 radical (unpaired) electrons. The number of hydrogen-bond donors (Lipinski definition) is 4. The second kappa shape index (κ2) is 7.10. The summed E-state index contributed by atoms with van der Waals surface area (Å²) in [6, 6.07) is 0. The van der Waals surface area contributed by atoms with Crippen molar-refractivity contribution in [2.75, 3.05) is 7.11 Å². The van der Waals surface area contributed by atoms with Crippen molar-refractivity contribution < 1.29 is 49.0 Å². The number of aliphatic hydroxyl groups excluding tert-OH is 1. The number of esters is 1. The van der Waals surface area contributed by atoms with Gasteiger partial charge in [-0.05, 0) is 13.8 Å². The summed E-state index contributed by atoms with van der Waals surface area (Å²) in [6.07, 6.45) is -4.88. The zero-order valence-corrected chi connectivity index (χ0v) is 18.2. The molecule has 10 heteroatoms. The van der Waals surface area contributed by atoms with E-state index in [1.165, 1.54) is 14.0 Å². The molecule has 6 rings (SSSR count). The minimum atomic E-state index is -2.12. The highest BCUT2D eigenvalue weighted by Gasteiger charge is 2.62. The molecule has 2 bridgehead atoms. The Morgan fingerprint density at radius 2 is 1.79 bits per heavy atom. The van der Waals surface area contributed by atoms with Crippen LogP contribution in [0.25, 0.3) is 0 Å². The van der Waals surface area contributed by atoms with Gasteiger partial charge >= 0.3 is 5.97 Å². The van der Waals surface area contributed by atoms with Gasteiger partial charge in [0.15, 0.2) is 11.6 Å². The molecule has 0 spiro atoms. The fourth-order valence-corrected chi connectivity index (χ4v) is 5.72. The van der Waals surface area contributed by atoms with Crippen molar-refractivity contribution in [2.45, 2.75) is 69.2 Å². The Bertz CT molecular complexity index is 1140. The number of aliphatic hydroxyl groups is 2. The van der Waals surface area contributed by atoms with Crippen LogP contribution in [0, 0.1) is 0 Å². The topological polar surface area (TPSA) is 160 Å². The molecule has 2 aliphatic carbocycles. The lowest BCUT2D eigenvalue weighted by molar-refractivity contribution is -0.207. The standard InChI is InChI=1S/C23H24O10/c1-7-14-10(4-9(32-7)5-13(25)31-3)19(26)16-17(20(14)27)22(29)18-15(21(16)28)11-6-12(24)23(18,30)8(2)33-11/h7-9,11-12,24,26-27,30H,4-6H2,1-3H3/t7-,8+,9+,11+,12?,23+/m0/s1. The number of benzene rings is 1. The largest absolute Gasteiger partial charge is 0.507 e. The van der Waals surface area contributed by atoms with Gasteiger partial charge in [-0.15, -0.1) is 0 Å².